The Morgan fingerprint density at radius 3 is 2.13 bits per heavy atom. The lowest BCUT2D eigenvalue weighted by Crippen LogP contribution is -2.49. The van der Waals surface area contributed by atoms with Crippen LogP contribution in [0.3, 0.4) is 0 Å². The predicted octanol–water partition coefficient (Wildman–Crippen LogP) is 8.36. The standard InChI is InChI=1S/C23H20N2O6S2.C13H12Cl2O4.C10H19N3O4S.C8H6ClNO3/c1-3-32(27,28)15-8-6-7-14(11-15)25-18-12-19(33(29,30)31)22(24)20-13(2)16-9-4-5-10-17(16)23(26)21(18)20;1-3-7(2)13(18)8-4-5-9(12(15)11(8)14)19-6-10(16)17;1-6(11)2-3-8(14)13-7(5-18)10(17)12-4-9(15)16;1-5-2-3-6(8(9)11)4-7(5)10(12)13/h3-12,16-17,25H,1-2,24H2,(H,29,30,31);4-5H,2-3,6H2,1H3,(H,16,17);6-7,18H,2-5,11H2,1H3,(H,12,17)(H,13,14)(H,15,16);2-4H,1H3. The Morgan fingerprint density at radius 2 is 1.59 bits per heavy atom. The van der Waals surface area contributed by atoms with Gasteiger partial charge in [-0.1, -0.05) is 86.3 Å². The number of carboxylic acids is 2. The van der Waals surface area contributed by atoms with Gasteiger partial charge in [-0.3, -0.25) is 43.4 Å². The quantitative estimate of drug-likeness (QED) is 0.00552. The number of allylic oxidation sites excluding steroid dienone is 6. The van der Waals surface area contributed by atoms with E-state index in [4.69, 9.17) is 61.2 Å². The molecule has 29 heteroatoms. The monoisotopic (exact) mass is 1260 g/mol. The van der Waals surface area contributed by atoms with Crippen molar-refractivity contribution in [2.24, 2.45) is 17.6 Å². The number of ether oxygens (including phenoxy) is 1. The van der Waals surface area contributed by atoms with Crippen LogP contribution in [0.25, 0.3) is 5.57 Å². The molecule has 0 bridgehead atoms. The van der Waals surface area contributed by atoms with Crippen molar-refractivity contribution in [3.8, 4) is 5.75 Å². The van der Waals surface area contributed by atoms with Gasteiger partial charge >= 0.3 is 11.9 Å². The number of nitrogens with zero attached hydrogens (tertiary/aromatic N) is 1. The maximum absolute atomic E-state index is 13.5. The first-order valence-corrected chi connectivity index (χ1v) is 28.9. The van der Waals surface area contributed by atoms with E-state index >= 15 is 0 Å². The van der Waals surface area contributed by atoms with Gasteiger partial charge in [0.15, 0.2) is 28.0 Å². The van der Waals surface area contributed by atoms with Crippen LogP contribution in [-0.2, 0) is 39.1 Å². The van der Waals surface area contributed by atoms with Crippen molar-refractivity contribution in [2.45, 2.75) is 61.9 Å². The number of halogens is 3. The summed E-state index contributed by atoms with van der Waals surface area (Å²) in [4.78, 5) is 89.0. The lowest BCUT2D eigenvalue weighted by atomic mass is 9.70. The van der Waals surface area contributed by atoms with E-state index in [1.54, 1.807) is 51.1 Å². The number of fused-ring (bicyclic) bond motifs is 2. The number of nitro groups is 1. The van der Waals surface area contributed by atoms with Crippen LogP contribution in [0.2, 0.25) is 10.0 Å². The van der Waals surface area contributed by atoms with Gasteiger partial charge in [0.2, 0.25) is 11.8 Å². The smallest absolute Gasteiger partial charge is 0.341 e. The van der Waals surface area contributed by atoms with E-state index in [2.05, 4.69) is 48.3 Å². The highest BCUT2D eigenvalue weighted by Gasteiger charge is 2.40. The molecule has 4 atom stereocenters. The first kappa shape index (κ1) is 69.6. The second kappa shape index (κ2) is 31.1. The molecule has 4 unspecified atom stereocenters. The van der Waals surface area contributed by atoms with Crippen LogP contribution in [0, 0.1) is 28.9 Å². The number of aliphatic carboxylic acids is 2. The highest BCUT2D eigenvalue weighted by molar-refractivity contribution is 7.94. The molecule has 0 saturated heterocycles. The number of sulfone groups is 1. The number of anilines is 3. The van der Waals surface area contributed by atoms with Gasteiger partial charge in [-0.25, -0.2) is 13.2 Å². The van der Waals surface area contributed by atoms with Gasteiger partial charge in [0.25, 0.3) is 21.0 Å². The Labute approximate surface area is 497 Å². The summed E-state index contributed by atoms with van der Waals surface area (Å²) >= 11 is 21.0. The van der Waals surface area contributed by atoms with Crippen LogP contribution in [0.1, 0.15) is 75.3 Å². The average Bonchev–Trinajstić information content (AvgIpc) is 3.14. The summed E-state index contributed by atoms with van der Waals surface area (Å²) in [7, 11) is -8.48. The highest BCUT2D eigenvalue weighted by Crippen LogP contribution is 2.48. The molecule has 4 aromatic carbocycles. The Hall–Kier alpha value is -7.69. The number of aryl methyl sites for hydroxylation is 1. The van der Waals surface area contributed by atoms with Crippen molar-refractivity contribution < 1.29 is 74.8 Å². The van der Waals surface area contributed by atoms with Crippen LogP contribution in [-0.4, -0.2) is 108 Å². The molecule has 2 amide bonds. The molecule has 83 heavy (non-hydrogen) atoms. The topological polar surface area (TPSA) is 389 Å². The van der Waals surface area contributed by atoms with Gasteiger partial charge in [-0.15, -0.1) is 0 Å². The van der Waals surface area contributed by atoms with Crippen LogP contribution in [0.5, 0.6) is 5.75 Å². The Bertz CT molecular complexity index is 3550. The number of thiol groups is 1. The molecule has 0 saturated carbocycles. The van der Waals surface area contributed by atoms with E-state index in [1.807, 2.05) is 0 Å². The number of nitrogens with two attached hydrogens (primary N) is 2. The van der Waals surface area contributed by atoms with Gasteiger partial charge in [0.05, 0.1) is 37.7 Å². The molecule has 0 aromatic heterocycles. The summed E-state index contributed by atoms with van der Waals surface area (Å²) in [6.07, 6.45) is 8.25. The number of Topliss-reactive ketones (excluding diaryl/α,β-unsaturated/α-hetero) is 2. The van der Waals surface area contributed by atoms with E-state index in [9.17, 15) is 65.1 Å². The van der Waals surface area contributed by atoms with Gasteiger partial charge in [-0.05, 0) is 91.9 Å². The zero-order valence-electron chi connectivity index (χ0n) is 44.4. The minimum Gasteiger partial charge on any atom is -0.480 e. The lowest BCUT2D eigenvalue weighted by molar-refractivity contribution is -0.385. The number of benzene rings is 4. The van der Waals surface area contributed by atoms with E-state index < -0.39 is 83.9 Å². The zero-order chi connectivity index (χ0) is 62.8. The molecule has 0 heterocycles. The van der Waals surface area contributed by atoms with Crippen LogP contribution in [0.15, 0.2) is 125 Å². The van der Waals surface area contributed by atoms with E-state index in [0.29, 0.717) is 29.6 Å². The molecular formula is C54H57Cl3N6O17S3. The number of carbonyl (C=O) groups is 7. The summed E-state index contributed by atoms with van der Waals surface area (Å²) in [5.74, 6) is -4.52. The summed E-state index contributed by atoms with van der Waals surface area (Å²) < 4.78 is 63.2. The molecule has 444 valence electrons. The first-order chi connectivity index (χ1) is 38.7. The minimum absolute atomic E-state index is 0.0117. The molecule has 0 aliphatic heterocycles. The number of nitro benzene ring substituents is 1. The number of nitrogen functional groups attached to an aromatic ring is 1. The molecular weight excluding hydrogens is 1210 g/mol. The number of carbonyl (C=O) groups excluding carboxylic acids is 5. The lowest BCUT2D eigenvalue weighted by Gasteiger charge is -2.34. The van der Waals surface area contributed by atoms with E-state index in [-0.39, 0.29) is 101 Å². The number of nitrogens with one attached hydrogen (secondary N) is 3. The molecule has 10 N–H and O–H groups in total. The Morgan fingerprint density at radius 1 is 0.952 bits per heavy atom. The van der Waals surface area contributed by atoms with Crippen molar-refractivity contribution in [1.82, 2.24) is 10.6 Å². The number of ketones is 2. The Balaban J connectivity index is 0.000000311. The summed E-state index contributed by atoms with van der Waals surface area (Å²) in [6, 6.07) is 12.8. The normalized spacial score (nSPS) is 14.6. The average molecular weight is 1260 g/mol. The second-order valence-electron chi connectivity index (χ2n) is 17.8. The molecule has 2 aliphatic carbocycles. The summed E-state index contributed by atoms with van der Waals surface area (Å²) in [5, 5.41) is 35.1. The molecule has 0 fully saturated rings. The largest absolute Gasteiger partial charge is 0.480 e. The number of amides is 2. The van der Waals surface area contributed by atoms with Crippen LogP contribution >= 0.6 is 47.4 Å². The molecule has 23 nitrogen and oxygen atoms in total. The Kier molecular flexibility index (Phi) is 26.1. The molecule has 6 rings (SSSR count). The maximum atomic E-state index is 13.5. The zero-order valence-corrected chi connectivity index (χ0v) is 49.2. The first-order valence-electron chi connectivity index (χ1n) is 24.1. The summed E-state index contributed by atoms with van der Waals surface area (Å²) in [5.41, 5.74) is 13.5. The van der Waals surface area contributed by atoms with Crippen molar-refractivity contribution in [1.29, 1.82) is 0 Å². The summed E-state index contributed by atoms with van der Waals surface area (Å²) in [6.45, 7) is 15.2. The maximum Gasteiger partial charge on any atom is 0.341 e. The van der Waals surface area contributed by atoms with Crippen LogP contribution < -0.4 is 32.2 Å². The molecule has 2 aliphatic rings. The van der Waals surface area contributed by atoms with E-state index in [0.717, 1.165) is 11.5 Å². The van der Waals surface area contributed by atoms with E-state index in [1.165, 1.54) is 48.5 Å². The highest BCUT2D eigenvalue weighted by atomic mass is 35.5. The fourth-order valence-electron chi connectivity index (χ4n) is 7.44. The molecule has 0 spiro atoms. The number of carboxylic acid groups (broad SMARTS) is 2. The van der Waals surface area contributed by atoms with Crippen molar-refractivity contribution in [3.63, 3.8) is 0 Å². The van der Waals surface area contributed by atoms with Crippen molar-refractivity contribution >= 4 is 136 Å². The third kappa shape index (κ3) is 19.5. The fraction of sp³-hybridized carbons (Fsp3) is 0.241. The number of hydrogen-bond acceptors (Lipinski definition) is 18. The van der Waals surface area contributed by atoms with Gasteiger partial charge < -0.3 is 42.4 Å². The molecule has 0 radical (unpaired) electrons. The number of rotatable bonds is 21. The van der Waals surface area contributed by atoms with Crippen LogP contribution in [0.4, 0.5) is 22.7 Å². The predicted molar refractivity (Wildman–Crippen MR) is 317 cm³/mol. The second-order valence-corrected chi connectivity index (χ2v) is 22.6. The third-order valence-corrected chi connectivity index (χ3v) is 15.5. The van der Waals surface area contributed by atoms with Crippen molar-refractivity contribution in [2.75, 3.05) is 30.0 Å². The number of hydrogen-bond donors (Lipinski definition) is 9. The van der Waals surface area contributed by atoms with Gasteiger partial charge in [-0.2, -0.15) is 21.0 Å². The van der Waals surface area contributed by atoms with Crippen molar-refractivity contribution in [3.05, 3.63) is 164 Å². The fourth-order valence-corrected chi connectivity index (χ4v) is 9.68. The third-order valence-electron chi connectivity index (χ3n) is 11.8. The molecule has 4 aromatic rings. The SMILES string of the molecule is C=C(CC)C(=O)c1ccc(OCC(=O)O)c(Cl)c1Cl.C=CS(=O)(=O)c1cccc(Nc2cc(S(=O)(=O)O)c(N)c3c2C(=O)C2C=CC=CC2C3=C)c1.CC(N)CCC(=O)NC(CS)C(=O)NCC(=O)O.Cc1ccc(C(=O)Cl)cc1[N+](=O)[O-]. The van der Waals surface area contributed by atoms with Gasteiger partial charge in [0, 0.05) is 63.5 Å². The minimum atomic E-state index is -4.75. The van der Waals surface area contributed by atoms with Gasteiger partial charge in [0.1, 0.15) is 28.3 Å².